The van der Waals surface area contributed by atoms with Crippen LogP contribution in [-0.4, -0.2) is 80.8 Å². The van der Waals surface area contributed by atoms with Crippen molar-refractivity contribution in [3.05, 3.63) is 0 Å². The molecule has 0 aliphatic carbocycles. The molecule has 28 heavy (non-hydrogen) atoms. The van der Waals surface area contributed by atoms with Gasteiger partial charge in [-0.2, -0.15) is 13.2 Å². The summed E-state index contributed by atoms with van der Waals surface area (Å²) in [6.07, 6.45) is 0.144. The number of carbonyl (C=O) groups is 1. The average molecular weight is 406 g/mol. The second-order valence-corrected chi connectivity index (χ2v) is 7.63. The van der Waals surface area contributed by atoms with Crippen molar-refractivity contribution in [1.82, 2.24) is 15.1 Å². The molecule has 0 saturated carbocycles. The van der Waals surface area contributed by atoms with E-state index in [0.29, 0.717) is 32.2 Å². The lowest BCUT2D eigenvalue weighted by molar-refractivity contribution is -0.150. The molecular formula is C19H33F3N4O2. The molecule has 6 nitrogen and oxygen atoms in total. The minimum Gasteiger partial charge on any atom is -0.466 e. The Morgan fingerprint density at radius 1 is 1.21 bits per heavy atom. The molecule has 9 heteroatoms. The molecule has 0 aromatic rings. The van der Waals surface area contributed by atoms with Gasteiger partial charge in [-0.1, -0.05) is 0 Å². The molecule has 0 spiro atoms. The predicted molar refractivity (Wildman–Crippen MR) is 102 cm³/mol. The third-order valence-electron chi connectivity index (χ3n) is 5.50. The average Bonchev–Trinajstić information content (AvgIpc) is 2.66. The van der Waals surface area contributed by atoms with Gasteiger partial charge in [-0.05, 0) is 58.0 Å². The van der Waals surface area contributed by atoms with Gasteiger partial charge >= 0.3 is 12.1 Å². The van der Waals surface area contributed by atoms with Crippen molar-refractivity contribution in [1.29, 1.82) is 0 Å². The number of halogens is 3. The zero-order valence-electron chi connectivity index (χ0n) is 16.9. The minimum absolute atomic E-state index is 0.120. The van der Waals surface area contributed by atoms with Crippen molar-refractivity contribution in [2.24, 2.45) is 16.8 Å². The summed E-state index contributed by atoms with van der Waals surface area (Å²) in [6.45, 7) is 4.60. The summed E-state index contributed by atoms with van der Waals surface area (Å²) in [6, 6.07) is 0. The number of piperidine rings is 2. The molecular weight excluding hydrogens is 373 g/mol. The van der Waals surface area contributed by atoms with Gasteiger partial charge < -0.3 is 15.0 Å². The zero-order valence-corrected chi connectivity index (χ0v) is 16.9. The molecule has 2 saturated heterocycles. The van der Waals surface area contributed by atoms with E-state index in [1.54, 1.807) is 7.05 Å². The maximum atomic E-state index is 12.5. The highest BCUT2D eigenvalue weighted by Gasteiger charge is 2.32. The Morgan fingerprint density at radius 2 is 1.93 bits per heavy atom. The van der Waals surface area contributed by atoms with Crippen LogP contribution in [0.1, 0.15) is 39.0 Å². The van der Waals surface area contributed by atoms with Crippen LogP contribution in [-0.2, 0) is 9.53 Å². The molecule has 2 aliphatic rings. The molecule has 0 aromatic carbocycles. The summed E-state index contributed by atoms with van der Waals surface area (Å²) in [5.41, 5.74) is 0. The molecule has 2 fully saturated rings. The van der Waals surface area contributed by atoms with Gasteiger partial charge in [0.15, 0.2) is 5.96 Å². The number of esters is 1. The molecule has 0 radical (unpaired) electrons. The van der Waals surface area contributed by atoms with Gasteiger partial charge in [-0.15, -0.1) is 0 Å². The highest BCUT2D eigenvalue weighted by molar-refractivity contribution is 5.81. The summed E-state index contributed by atoms with van der Waals surface area (Å²) >= 11 is 0. The normalized spacial score (nSPS) is 23.0. The second kappa shape index (κ2) is 10.9. The van der Waals surface area contributed by atoms with Crippen molar-refractivity contribution >= 4 is 11.9 Å². The summed E-state index contributed by atoms with van der Waals surface area (Å²) in [5, 5.41) is 3.36. The van der Waals surface area contributed by atoms with Crippen LogP contribution in [0.2, 0.25) is 0 Å². The standard InChI is InChI=1S/C19H33F3N4O2/c1-3-28-17(27)16-5-4-10-26(13-16)18(23-2)24-9-6-15-7-11-25(12-8-15)14-19(20,21)22/h15-16H,3-14H2,1-2H3,(H,23,24)/t16-/m0/s1. The van der Waals surface area contributed by atoms with Crippen molar-refractivity contribution < 1.29 is 22.7 Å². The lowest BCUT2D eigenvalue weighted by Gasteiger charge is -2.35. The molecule has 2 heterocycles. The van der Waals surface area contributed by atoms with Crippen molar-refractivity contribution in [3.63, 3.8) is 0 Å². The molecule has 1 N–H and O–H groups in total. The van der Waals surface area contributed by atoms with E-state index in [2.05, 4.69) is 15.2 Å². The fourth-order valence-corrected chi connectivity index (χ4v) is 4.03. The maximum absolute atomic E-state index is 12.5. The number of likely N-dealkylation sites (tertiary alicyclic amines) is 2. The zero-order chi connectivity index (χ0) is 20.6. The van der Waals surface area contributed by atoms with Crippen LogP contribution in [0.25, 0.3) is 0 Å². The number of nitrogens with zero attached hydrogens (tertiary/aromatic N) is 3. The third kappa shape index (κ3) is 7.48. The Labute approximate surface area is 165 Å². The van der Waals surface area contributed by atoms with E-state index < -0.39 is 12.7 Å². The van der Waals surface area contributed by atoms with E-state index in [9.17, 15) is 18.0 Å². The van der Waals surface area contributed by atoms with Gasteiger partial charge in [-0.25, -0.2) is 0 Å². The van der Waals surface area contributed by atoms with Crippen LogP contribution in [0.3, 0.4) is 0 Å². The Hall–Kier alpha value is -1.51. The Balaban J connectivity index is 1.71. The number of nitrogens with one attached hydrogen (secondary N) is 1. The van der Waals surface area contributed by atoms with Crippen molar-refractivity contribution in [3.8, 4) is 0 Å². The first-order valence-corrected chi connectivity index (χ1v) is 10.2. The molecule has 0 unspecified atom stereocenters. The van der Waals surface area contributed by atoms with E-state index in [4.69, 9.17) is 4.74 Å². The first-order valence-electron chi connectivity index (χ1n) is 10.2. The van der Waals surface area contributed by atoms with Gasteiger partial charge in [0, 0.05) is 26.7 Å². The Bertz CT molecular complexity index is 520. The number of aliphatic imine (C=N–C) groups is 1. The Kier molecular flexibility index (Phi) is 8.85. The number of ether oxygens (including phenoxy) is 1. The number of hydrogen-bond acceptors (Lipinski definition) is 4. The monoisotopic (exact) mass is 406 g/mol. The quantitative estimate of drug-likeness (QED) is 0.417. The molecule has 1 atom stereocenters. The molecule has 0 bridgehead atoms. The first kappa shape index (κ1) is 22.8. The number of carbonyl (C=O) groups excluding carboxylic acids is 1. The number of rotatable bonds is 6. The highest BCUT2D eigenvalue weighted by Crippen LogP contribution is 2.24. The summed E-state index contributed by atoms with van der Waals surface area (Å²) < 4.78 is 42.5. The number of alkyl halides is 3. The lowest BCUT2D eigenvalue weighted by Crippen LogP contribution is -2.48. The van der Waals surface area contributed by atoms with E-state index >= 15 is 0 Å². The van der Waals surface area contributed by atoms with Crippen LogP contribution in [0.5, 0.6) is 0 Å². The predicted octanol–water partition coefficient (Wildman–Crippen LogP) is 2.50. The number of hydrogen-bond donors (Lipinski definition) is 1. The summed E-state index contributed by atoms with van der Waals surface area (Å²) in [4.78, 5) is 19.9. The van der Waals surface area contributed by atoms with Crippen molar-refractivity contribution in [2.45, 2.75) is 45.2 Å². The minimum atomic E-state index is -4.11. The first-order chi connectivity index (χ1) is 13.3. The SMILES string of the molecule is CCOC(=O)[C@H]1CCCN(C(=NC)NCCC2CCN(CC(F)(F)F)CC2)C1. The van der Waals surface area contributed by atoms with E-state index in [1.165, 1.54) is 4.90 Å². The fraction of sp³-hybridized carbons (Fsp3) is 0.895. The largest absolute Gasteiger partial charge is 0.466 e. The third-order valence-corrected chi connectivity index (χ3v) is 5.50. The lowest BCUT2D eigenvalue weighted by atomic mass is 9.93. The molecule has 2 aliphatic heterocycles. The smallest absolute Gasteiger partial charge is 0.401 e. The van der Waals surface area contributed by atoms with Crippen LogP contribution in [0.4, 0.5) is 13.2 Å². The van der Waals surface area contributed by atoms with Gasteiger partial charge in [-0.3, -0.25) is 14.7 Å². The van der Waals surface area contributed by atoms with Gasteiger partial charge in [0.1, 0.15) is 0 Å². The van der Waals surface area contributed by atoms with E-state index in [-0.39, 0.29) is 11.9 Å². The molecule has 162 valence electrons. The fourth-order valence-electron chi connectivity index (χ4n) is 4.03. The number of guanidine groups is 1. The van der Waals surface area contributed by atoms with E-state index in [0.717, 1.165) is 51.2 Å². The molecule has 0 amide bonds. The van der Waals surface area contributed by atoms with Gasteiger partial charge in [0.2, 0.25) is 0 Å². The van der Waals surface area contributed by atoms with Crippen LogP contribution in [0, 0.1) is 11.8 Å². The second-order valence-electron chi connectivity index (χ2n) is 7.63. The molecule has 2 rings (SSSR count). The van der Waals surface area contributed by atoms with Gasteiger partial charge in [0.05, 0.1) is 19.1 Å². The Morgan fingerprint density at radius 3 is 2.54 bits per heavy atom. The van der Waals surface area contributed by atoms with Crippen LogP contribution in [0.15, 0.2) is 4.99 Å². The summed E-state index contributed by atoms with van der Waals surface area (Å²) in [7, 11) is 1.73. The maximum Gasteiger partial charge on any atom is 0.401 e. The van der Waals surface area contributed by atoms with Crippen molar-refractivity contribution in [2.75, 3.05) is 52.9 Å². The molecule has 0 aromatic heterocycles. The summed E-state index contributed by atoms with van der Waals surface area (Å²) in [5.74, 6) is 0.950. The van der Waals surface area contributed by atoms with Crippen LogP contribution >= 0.6 is 0 Å². The van der Waals surface area contributed by atoms with Crippen LogP contribution < -0.4 is 5.32 Å². The van der Waals surface area contributed by atoms with Gasteiger partial charge in [0.25, 0.3) is 0 Å². The highest BCUT2D eigenvalue weighted by atomic mass is 19.4. The topological polar surface area (TPSA) is 57.2 Å². The van der Waals surface area contributed by atoms with E-state index in [1.807, 2.05) is 6.92 Å².